The molecule has 1 unspecified atom stereocenters. The molecule has 1 aliphatic heterocycles. The van der Waals surface area contributed by atoms with Gasteiger partial charge in [-0.3, -0.25) is 0 Å². The van der Waals surface area contributed by atoms with E-state index < -0.39 is 0 Å². The predicted octanol–water partition coefficient (Wildman–Crippen LogP) is 2.50. The molecule has 1 aliphatic carbocycles. The van der Waals surface area contributed by atoms with Gasteiger partial charge in [-0.15, -0.1) is 0 Å². The van der Waals surface area contributed by atoms with Crippen LogP contribution in [0, 0.1) is 11.3 Å². The second-order valence-corrected chi connectivity index (χ2v) is 5.90. The second-order valence-electron chi connectivity index (χ2n) is 5.90. The molecule has 16 heavy (non-hydrogen) atoms. The Morgan fingerprint density at radius 3 is 2.62 bits per heavy atom. The van der Waals surface area contributed by atoms with Crippen LogP contribution in [0.3, 0.4) is 0 Å². The maximum atomic E-state index is 3.60. The lowest BCUT2D eigenvalue weighted by Gasteiger charge is -2.41. The smallest absolute Gasteiger partial charge is 0.00500 e. The lowest BCUT2D eigenvalue weighted by molar-refractivity contribution is 0.112. The van der Waals surface area contributed by atoms with Crippen LogP contribution in [0.2, 0.25) is 0 Å². The van der Waals surface area contributed by atoms with Crippen molar-refractivity contribution in [2.45, 2.75) is 46.0 Å². The van der Waals surface area contributed by atoms with Crippen LogP contribution in [0.5, 0.6) is 0 Å². The lowest BCUT2D eigenvalue weighted by atomic mass is 9.78. The molecular formula is C14H28N2. The minimum absolute atomic E-state index is 0.573. The second kappa shape index (κ2) is 5.50. The fourth-order valence-corrected chi connectivity index (χ4v) is 3.02. The molecule has 94 valence electrons. The van der Waals surface area contributed by atoms with Gasteiger partial charge in [0.05, 0.1) is 0 Å². The van der Waals surface area contributed by atoms with Crippen molar-refractivity contribution < 1.29 is 0 Å². The summed E-state index contributed by atoms with van der Waals surface area (Å²) in [4.78, 5) is 2.70. The van der Waals surface area contributed by atoms with E-state index in [-0.39, 0.29) is 0 Å². The number of nitrogens with zero attached hydrogens (tertiary/aromatic N) is 1. The largest absolute Gasteiger partial charge is 0.316 e. The molecule has 2 fully saturated rings. The van der Waals surface area contributed by atoms with Gasteiger partial charge in [0.1, 0.15) is 0 Å². The Morgan fingerprint density at radius 2 is 2.12 bits per heavy atom. The van der Waals surface area contributed by atoms with Gasteiger partial charge in [-0.05, 0) is 56.5 Å². The highest BCUT2D eigenvalue weighted by Gasteiger charge is 2.33. The molecule has 1 N–H and O–H groups in total. The molecule has 1 saturated carbocycles. The highest BCUT2D eigenvalue weighted by atomic mass is 15.1. The van der Waals surface area contributed by atoms with E-state index in [1.807, 2.05) is 0 Å². The number of hydrogen-bond donors (Lipinski definition) is 1. The molecule has 0 amide bonds. The van der Waals surface area contributed by atoms with Crippen LogP contribution in [0.15, 0.2) is 0 Å². The average Bonchev–Trinajstić information content (AvgIpc) is 3.13. The summed E-state index contributed by atoms with van der Waals surface area (Å²) in [6.07, 6.45) is 7.09. The van der Waals surface area contributed by atoms with Crippen LogP contribution in [0.1, 0.15) is 46.0 Å². The van der Waals surface area contributed by atoms with Crippen LogP contribution >= 0.6 is 0 Å². The zero-order valence-electron chi connectivity index (χ0n) is 11.1. The van der Waals surface area contributed by atoms with Crippen LogP contribution in [0.4, 0.5) is 0 Å². The first-order valence-electron chi connectivity index (χ1n) is 7.21. The summed E-state index contributed by atoms with van der Waals surface area (Å²) in [7, 11) is 0. The third-order valence-electron chi connectivity index (χ3n) is 4.53. The standard InChI is InChI=1S/C14H28N2/c1-3-14(8-5-9-15-11-14)12-16(4-2)10-13-6-7-13/h13,15H,3-12H2,1-2H3. The van der Waals surface area contributed by atoms with Gasteiger partial charge in [-0.2, -0.15) is 0 Å². The fraction of sp³-hybridized carbons (Fsp3) is 1.00. The van der Waals surface area contributed by atoms with Crippen molar-refractivity contribution in [1.82, 2.24) is 10.2 Å². The van der Waals surface area contributed by atoms with Gasteiger partial charge < -0.3 is 10.2 Å². The van der Waals surface area contributed by atoms with Crippen molar-refractivity contribution in [3.8, 4) is 0 Å². The van der Waals surface area contributed by atoms with Crippen molar-refractivity contribution in [3.63, 3.8) is 0 Å². The molecule has 2 aliphatic rings. The maximum Gasteiger partial charge on any atom is 0.00500 e. The summed E-state index contributed by atoms with van der Waals surface area (Å²) in [5.74, 6) is 1.03. The Bertz CT molecular complexity index is 205. The van der Waals surface area contributed by atoms with Gasteiger partial charge in [0, 0.05) is 19.6 Å². The third-order valence-corrected chi connectivity index (χ3v) is 4.53. The minimum Gasteiger partial charge on any atom is -0.316 e. The Hall–Kier alpha value is -0.0800. The van der Waals surface area contributed by atoms with Crippen molar-refractivity contribution in [2.75, 3.05) is 32.7 Å². The molecule has 1 saturated heterocycles. The van der Waals surface area contributed by atoms with Gasteiger partial charge in [-0.1, -0.05) is 13.8 Å². The van der Waals surface area contributed by atoms with Gasteiger partial charge in [0.25, 0.3) is 0 Å². The van der Waals surface area contributed by atoms with E-state index in [1.165, 1.54) is 64.8 Å². The summed E-state index contributed by atoms with van der Waals surface area (Å²) in [6, 6.07) is 0. The Morgan fingerprint density at radius 1 is 1.31 bits per heavy atom. The van der Waals surface area contributed by atoms with Gasteiger partial charge in [0.15, 0.2) is 0 Å². The summed E-state index contributed by atoms with van der Waals surface area (Å²) in [5.41, 5.74) is 0.573. The van der Waals surface area contributed by atoms with E-state index in [2.05, 4.69) is 24.1 Å². The highest BCUT2D eigenvalue weighted by Crippen LogP contribution is 2.34. The van der Waals surface area contributed by atoms with Crippen LogP contribution in [0.25, 0.3) is 0 Å². The Balaban J connectivity index is 1.86. The summed E-state index contributed by atoms with van der Waals surface area (Å²) < 4.78 is 0. The number of hydrogen-bond acceptors (Lipinski definition) is 2. The van der Waals surface area contributed by atoms with E-state index >= 15 is 0 Å². The van der Waals surface area contributed by atoms with E-state index in [9.17, 15) is 0 Å². The zero-order valence-corrected chi connectivity index (χ0v) is 11.1. The van der Waals surface area contributed by atoms with Crippen molar-refractivity contribution in [3.05, 3.63) is 0 Å². The molecule has 0 aromatic rings. The first-order valence-corrected chi connectivity index (χ1v) is 7.21. The number of nitrogens with one attached hydrogen (secondary N) is 1. The summed E-state index contributed by atoms with van der Waals surface area (Å²) >= 11 is 0. The van der Waals surface area contributed by atoms with E-state index in [1.54, 1.807) is 0 Å². The van der Waals surface area contributed by atoms with Crippen molar-refractivity contribution in [1.29, 1.82) is 0 Å². The van der Waals surface area contributed by atoms with Crippen LogP contribution < -0.4 is 5.32 Å². The fourth-order valence-electron chi connectivity index (χ4n) is 3.02. The minimum atomic E-state index is 0.573. The molecule has 2 nitrogen and oxygen atoms in total. The van der Waals surface area contributed by atoms with Crippen LogP contribution in [-0.4, -0.2) is 37.6 Å². The maximum absolute atomic E-state index is 3.60. The highest BCUT2D eigenvalue weighted by molar-refractivity contribution is 4.88. The number of rotatable bonds is 6. The SMILES string of the molecule is CCN(CC1CC1)CC1(CC)CCCNC1. The number of piperidine rings is 1. The van der Waals surface area contributed by atoms with Crippen LogP contribution in [-0.2, 0) is 0 Å². The van der Waals surface area contributed by atoms with E-state index in [0.29, 0.717) is 5.41 Å². The van der Waals surface area contributed by atoms with E-state index in [4.69, 9.17) is 0 Å². The predicted molar refractivity (Wildman–Crippen MR) is 69.7 cm³/mol. The van der Waals surface area contributed by atoms with E-state index in [0.717, 1.165) is 5.92 Å². The zero-order chi connectivity index (χ0) is 11.4. The molecule has 0 radical (unpaired) electrons. The normalized spacial score (nSPS) is 30.9. The van der Waals surface area contributed by atoms with Gasteiger partial charge >= 0.3 is 0 Å². The Kier molecular flexibility index (Phi) is 4.26. The van der Waals surface area contributed by atoms with Gasteiger partial charge in [-0.25, -0.2) is 0 Å². The average molecular weight is 224 g/mol. The molecule has 0 aromatic carbocycles. The molecule has 0 spiro atoms. The summed E-state index contributed by atoms with van der Waals surface area (Å²) in [5, 5.41) is 3.60. The summed E-state index contributed by atoms with van der Waals surface area (Å²) in [6.45, 7) is 11.1. The third kappa shape index (κ3) is 3.21. The van der Waals surface area contributed by atoms with Crippen molar-refractivity contribution >= 4 is 0 Å². The molecular weight excluding hydrogens is 196 g/mol. The quantitative estimate of drug-likeness (QED) is 0.746. The molecule has 1 atom stereocenters. The first kappa shape index (κ1) is 12.4. The monoisotopic (exact) mass is 224 g/mol. The van der Waals surface area contributed by atoms with Crippen molar-refractivity contribution in [2.24, 2.45) is 11.3 Å². The Labute approximate surface area is 101 Å². The molecule has 1 heterocycles. The van der Waals surface area contributed by atoms with Gasteiger partial charge in [0.2, 0.25) is 0 Å². The topological polar surface area (TPSA) is 15.3 Å². The lowest BCUT2D eigenvalue weighted by Crippen LogP contribution is -2.47. The molecule has 2 heteroatoms. The molecule has 2 rings (SSSR count). The first-order chi connectivity index (χ1) is 7.78. The molecule has 0 aromatic heterocycles. The molecule has 0 bridgehead atoms.